The van der Waals surface area contributed by atoms with Crippen LogP contribution in [0.1, 0.15) is 5.56 Å². The molecule has 3 rings (SSSR count). The lowest BCUT2D eigenvalue weighted by molar-refractivity contribution is 0.704. The number of aromatic nitrogens is 3. The van der Waals surface area contributed by atoms with Crippen molar-refractivity contribution in [1.29, 1.82) is 0 Å². The van der Waals surface area contributed by atoms with Gasteiger partial charge in [-0.3, -0.25) is 0 Å². The molecule has 2 heterocycles. The third-order valence-corrected chi connectivity index (χ3v) is 3.52. The summed E-state index contributed by atoms with van der Waals surface area (Å²) >= 11 is 9.55. The van der Waals surface area contributed by atoms with E-state index in [4.69, 9.17) is 11.6 Å². The van der Waals surface area contributed by atoms with Gasteiger partial charge in [0, 0.05) is 21.1 Å². The van der Waals surface area contributed by atoms with Gasteiger partial charge in [-0.25, -0.2) is 9.67 Å². The molecule has 0 atom stereocenters. The predicted octanol–water partition coefficient (Wildman–Crippen LogP) is 3.90. The minimum Gasteiger partial charge on any atom is -0.243 e. The van der Waals surface area contributed by atoms with Crippen LogP contribution in [0.15, 0.2) is 47.2 Å². The van der Waals surface area contributed by atoms with Crippen molar-refractivity contribution in [2.24, 2.45) is 0 Å². The highest BCUT2D eigenvalue weighted by atomic mass is 79.9. The van der Waals surface area contributed by atoms with E-state index in [0.29, 0.717) is 6.54 Å². The molecule has 3 aromatic rings. The highest BCUT2D eigenvalue weighted by Crippen LogP contribution is 2.20. The largest absolute Gasteiger partial charge is 0.243 e. The highest BCUT2D eigenvalue weighted by Gasteiger charge is 2.06. The number of fused-ring (bicyclic) bond motifs is 1. The Morgan fingerprint density at radius 2 is 2.06 bits per heavy atom. The molecule has 0 aliphatic carbocycles. The summed E-state index contributed by atoms with van der Waals surface area (Å²) in [5.74, 6) is 0. The van der Waals surface area contributed by atoms with Crippen molar-refractivity contribution in [3.05, 3.63) is 57.8 Å². The van der Waals surface area contributed by atoms with Crippen molar-refractivity contribution in [2.75, 3.05) is 0 Å². The minimum absolute atomic E-state index is 0.623. The van der Waals surface area contributed by atoms with E-state index in [9.17, 15) is 0 Å². The summed E-state index contributed by atoms with van der Waals surface area (Å²) in [5, 5.41) is 6.11. The van der Waals surface area contributed by atoms with Crippen LogP contribution in [0.25, 0.3) is 11.0 Å². The van der Waals surface area contributed by atoms with Gasteiger partial charge in [-0.05, 0) is 33.6 Å². The Labute approximate surface area is 118 Å². The smallest absolute Gasteiger partial charge is 0.158 e. The fraction of sp³-hybridized carbons (Fsp3) is 0.0769. The maximum absolute atomic E-state index is 6.15. The molecule has 3 nitrogen and oxygen atoms in total. The Morgan fingerprint density at radius 1 is 1.22 bits per heavy atom. The van der Waals surface area contributed by atoms with E-state index in [1.807, 2.05) is 41.2 Å². The zero-order chi connectivity index (χ0) is 12.5. The second-order valence-electron chi connectivity index (χ2n) is 3.96. The van der Waals surface area contributed by atoms with E-state index >= 15 is 0 Å². The highest BCUT2D eigenvalue weighted by molar-refractivity contribution is 9.10. The number of hydrogen-bond donors (Lipinski definition) is 0. The average Bonchev–Trinajstić information content (AvgIpc) is 2.74. The average molecular weight is 323 g/mol. The lowest BCUT2D eigenvalue weighted by atomic mass is 10.2. The van der Waals surface area contributed by atoms with Gasteiger partial charge in [0.25, 0.3) is 0 Å². The number of nitrogens with zero attached hydrogens (tertiary/aromatic N) is 3. The first-order chi connectivity index (χ1) is 8.74. The Balaban J connectivity index is 2.03. The maximum atomic E-state index is 6.15. The molecule has 0 bridgehead atoms. The molecule has 0 aliphatic rings. The fourth-order valence-electron chi connectivity index (χ4n) is 1.85. The van der Waals surface area contributed by atoms with E-state index in [1.165, 1.54) is 0 Å². The number of hydrogen-bond acceptors (Lipinski definition) is 2. The molecule has 0 unspecified atom stereocenters. The molecule has 0 saturated carbocycles. The third-order valence-electron chi connectivity index (χ3n) is 2.72. The third kappa shape index (κ3) is 2.13. The molecule has 0 N–H and O–H groups in total. The molecule has 0 spiro atoms. The number of halogens is 2. The van der Waals surface area contributed by atoms with Gasteiger partial charge >= 0.3 is 0 Å². The summed E-state index contributed by atoms with van der Waals surface area (Å²) in [4.78, 5) is 4.38. The van der Waals surface area contributed by atoms with Gasteiger partial charge in [0.1, 0.15) is 0 Å². The zero-order valence-electron chi connectivity index (χ0n) is 9.35. The zero-order valence-corrected chi connectivity index (χ0v) is 11.7. The summed E-state index contributed by atoms with van der Waals surface area (Å²) in [7, 11) is 0. The maximum Gasteiger partial charge on any atom is 0.158 e. The van der Waals surface area contributed by atoms with E-state index in [1.54, 1.807) is 6.20 Å². The van der Waals surface area contributed by atoms with Crippen LogP contribution < -0.4 is 0 Å². The minimum atomic E-state index is 0.623. The van der Waals surface area contributed by atoms with E-state index in [-0.39, 0.29) is 0 Å². The summed E-state index contributed by atoms with van der Waals surface area (Å²) in [6.07, 6.45) is 3.58. The molecule has 18 heavy (non-hydrogen) atoms. The van der Waals surface area contributed by atoms with Crippen LogP contribution >= 0.6 is 27.5 Å². The first-order valence-corrected chi connectivity index (χ1v) is 6.61. The van der Waals surface area contributed by atoms with Crippen LogP contribution in [0.3, 0.4) is 0 Å². The van der Waals surface area contributed by atoms with Crippen molar-refractivity contribution < 1.29 is 0 Å². The SMILES string of the molecule is Clc1ccccc1Cn1ncc2cc(Br)cnc21. The molecule has 0 amide bonds. The number of pyridine rings is 1. The molecule has 1 aromatic carbocycles. The topological polar surface area (TPSA) is 30.7 Å². The predicted molar refractivity (Wildman–Crippen MR) is 75.8 cm³/mol. The van der Waals surface area contributed by atoms with E-state index < -0.39 is 0 Å². The van der Waals surface area contributed by atoms with E-state index in [0.717, 1.165) is 26.1 Å². The molecule has 90 valence electrons. The van der Waals surface area contributed by atoms with Crippen LogP contribution in [0.5, 0.6) is 0 Å². The Morgan fingerprint density at radius 3 is 2.89 bits per heavy atom. The molecule has 2 aromatic heterocycles. The Bertz CT molecular complexity index is 708. The Kier molecular flexibility index (Phi) is 3.06. The molecule has 0 radical (unpaired) electrons. The van der Waals surface area contributed by atoms with Gasteiger partial charge in [0.2, 0.25) is 0 Å². The van der Waals surface area contributed by atoms with Gasteiger partial charge < -0.3 is 0 Å². The lowest BCUT2D eigenvalue weighted by Crippen LogP contribution is -2.02. The van der Waals surface area contributed by atoms with Gasteiger partial charge in [-0.2, -0.15) is 5.10 Å². The van der Waals surface area contributed by atoms with Gasteiger partial charge in [0.05, 0.1) is 12.7 Å². The van der Waals surface area contributed by atoms with E-state index in [2.05, 4.69) is 26.0 Å². The van der Waals surface area contributed by atoms with Crippen molar-refractivity contribution in [3.63, 3.8) is 0 Å². The Hall–Kier alpha value is -1.39. The second-order valence-corrected chi connectivity index (χ2v) is 5.28. The molecule has 0 saturated heterocycles. The molecular weight excluding hydrogens is 314 g/mol. The molecule has 0 aliphatic heterocycles. The summed E-state index contributed by atoms with van der Waals surface area (Å²) in [6.45, 7) is 0.623. The van der Waals surface area contributed by atoms with Crippen LogP contribution in [-0.2, 0) is 6.54 Å². The van der Waals surface area contributed by atoms with Crippen LogP contribution in [0.4, 0.5) is 0 Å². The molecular formula is C13H9BrClN3. The lowest BCUT2D eigenvalue weighted by Gasteiger charge is -2.05. The number of rotatable bonds is 2. The fourth-order valence-corrected chi connectivity index (χ4v) is 2.39. The van der Waals surface area contributed by atoms with Crippen molar-refractivity contribution in [3.8, 4) is 0 Å². The number of benzene rings is 1. The van der Waals surface area contributed by atoms with Gasteiger partial charge in [-0.15, -0.1) is 0 Å². The normalized spacial score (nSPS) is 11.0. The second kappa shape index (κ2) is 4.71. The van der Waals surface area contributed by atoms with Crippen LogP contribution in [0.2, 0.25) is 5.02 Å². The standard InChI is InChI=1S/C13H9BrClN3/c14-11-5-10-6-17-18(13(10)16-7-11)8-9-3-1-2-4-12(9)15/h1-7H,8H2. The first-order valence-electron chi connectivity index (χ1n) is 5.44. The first kappa shape index (κ1) is 11.7. The summed E-state index contributed by atoms with van der Waals surface area (Å²) < 4.78 is 2.80. The van der Waals surface area contributed by atoms with Crippen LogP contribution in [0, 0.1) is 0 Å². The van der Waals surface area contributed by atoms with Gasteiger partial charge in [0.15, 0.2) is 5.65 Å². The van der Waals surface area contributed by atoms with Crippen molar-refractivity contribution in [2.45, 2.75) is 6.54 Å². The van der Waals surface area contributed by atoms with Gasteiger partial charge in [-0.1, -0.05) is 29.8 Å². The summed E-state index contributed by atoms with van der Waals surface area (Å²) in [6, 6.07) is 9.76. The van der Waals surface area contributed by atoms with Crippen LogP contribution in [-0.4, -0.2) is 14.8 Å². The molecule has 0 fully saturated rings. The summed E-state index contributed by atoms with van der Waals surface area (Å²) in [5.41, 5.74) is 1.90. The quantitative estimate of drug-likeness (QED) is 0.716. The van der Waals surface area contributed by atoms with Crippen molar-refractivity contribution >= 4 is 38.6 Å². The monoisotopic (exact) mass is 321 g/mol. The molecule has 5 heteroatoms. The van der Waals surface area contributed by atoms with Crippen molar-refractivity contribution in [1.82, 2.24) is 14.8 Å².